The zero-order valence-electron chi connectivity index (χ0n) is 15.1. The Hall–Kier alpha value is -2.08. The predicted octanol–water partition coefficient (Wildman–Crippen LogP) is 4.02. The second-order valence-corrected chi connectivity index (χ2v) is 8.76. The summed E-state index contributed by atoms with van der Waals surface area (Å²) in [5, 5.41) is 3.24. The van der Waals surface area contributed by atoms with Crippen LogP contribution in [0.1, 0.15) is 37.5 Å². The molecule has 24 heavy (non-hydrogen) atoms. The van der Waals surface area contributed by atoms with E-state index in [4.69, 9.17) is 0 Å². The van der Waals surface area contributed by atoms with Crippen molar-refractivity contribution in [2.24, 2.45) is 0 Å². The molecule has 0 spiro atoms. The smallest absolute Gasteiger partial charge is 0.262 e. The molecule has 2 rings (SSSR count). The Kier molecular flexibility index (Phi) is 4.90. The number of hydrogen-bond acceptors (Lipinski definition) is 4. The first-order valence-electron chi connectivity index (χ1n) is 7.83. The summed E-state index contributed by atoms with van der Waals surface area (Å²) in [4.78, 5) is 4.59. The van der Waals surface area contributed by atoms with Crippen LogP contribution in [0.3, 0.4) is 0 Å². The van der Waals surface area contributed by atoms with Crippen LogP contribution in [0, 0.1) is 20.8 Å². The van der Waals surface area contributed by atoms with E-state index in [1.54, 1.807) is 12.1 Å². The summed E-state index contributed by atoms with van der Waals surface area (Å²) in [7, 11) is -3.65. The SMILES string of the molecule is Cc1cc(C)c(S(=O)(=O)Nc2ccc(NC(C)(C)C)nc2)c(C)c1. The van der Waals surface area contributed by atoms with Crippen LogP contribution in [0.2, 0.25) is 0 Å². The van der Waals surface area contributed by atoms with E-state index in [0.29, 0.717) is 16.4 Å². The summed E-state index contributed by atoms with van der Waals surface area (Å²) in [6.07, 6.45) is 1.52. The van der Waals surface area contributed by atoms with E-state index >= 15 is 0 Å². The van der Waals surface area contributed by atoms with Crippen molar-refractivity contribution in [3.8, 4) is 0 Å². The van der Waals surface area contributed by atoms with Crippen LogP contribution in [-0.2, 0) is 10.0 Å². The molecule has 1 heterocycles. The summed E-state index contributed by atoms with van der Waals surface area (Å²) in [5.41, 5.74) is 2.85. The third-order valence-electron chi connectivity index (χ3n) is 3.39. The molecule has 2 N–H and O–H groups in total. The Morgan fingerprint density at radius 2 is 1.58 bits per heavy atom. The van der Waals surface area contributed by atoms with Crippen molar-refractivity contribution in [1.82, 2.24) is 4.98 Å². The predicted molar refractivity (Wildman–Crippen MR) is 99.1 cm³/mol. The van der Waals surface area contributed by atoms with E-state index in [2.05, 4.69) is 15.0 Å². The second-order valence-electron chi connectivity index (χ2n) is 7.14. The van der Waals surface area contributed by atoms with Crippen molar-refractivity contribution in [2.75, 3.05) is 10.0 Å². The molecule has 0 aliphatic heterocycles. The zero-order chi connectivity index (χ0) is 18.1. The Morgan fingerprint density at radius 1 is 1.00 bits per heavy atom. The highest BCUT2D eigenvalue weighted by Crippen LogP contribution is 2.24. The number of aromatic nitrogens is 1. The van der Waals surface area contributed by atoms with Gasteiger partial charge in [0.15, 0.2) is 0 Å². The lowest BCUT2D eigenvalue weighted by Gasteiger charge is -2.21. The Morgan fingerprint density at radius 3 is 2.04 bits per heavy atom. The number of nitrogens with zero attached hydrogens (tertiary/aromatic N) is 1. The van der Waals surface area contributed by atoms with Crippen LogP contribution in [0.5, 0.6) is 0 Å². The van der Waals surface area contributed by atoms with Gasteiger partial charge in [-0.05, 0) is 64.8 Å². The third kappa shape index (κ3) is 4.47. The van der Waals surface area contributed by atoms with Gasteiger partial charge < -0.3 is 5.32 Å². The molecule has 130 valence electrons. The molecular weight excluding hydrogens is 322 g/mol. The molecule has 0 amide bonds. The number of nitrogens with one attached hydrogen (secondary N) is 2. The number of hydrogen-bond donors (Lipinski definition) is 2. The molecular formula is C18H25N3O2S. The highest BCUT2D eigenvalue weighted by Gasteiger charge is 2.20. The molecule has 0 bridgehead atoms. The van der Waals surface area contributed by atoms with E-state index in [1.165, 1.54) is 6.20 Å². The normalized spacial score (nSPS) is 12.1. The van der Waals surface area contributed by atoms with Gasteiger partial charge in [0.05, 0.1) is 16.8 Å². The van der Waals surface area contributed by atoms with Crippen molar-refractivity contribution in [2.45, 2.75) is 52.0 Å². The average Bonchev–Trinajstić information content (AvgIpc) is 2.37. The fraction of sp³-hybridized carbons (Fsp3) is 0.389. The lowest BCUT2D eigenvalue weighted by molar-refractivity contribution is 0.600. The summed E-state index contributed by atoms with van der Waals surface area (Å²) < 4.78 is 28.0. The maximum atomic E-state index is 12.7. The Balaban J connectivity index is 2.27. The number of pyridine rings is 1. The average molecular weight is 347 g/mol. The molecule has 0 aliphatic carbocycles. The highest BCUT2D eigenvalue weighted by atomic mass is 32.2. The monoisotopic (exact) mass is 347 g/mol. The Bertz CT molecular complexity index is 813. The molecule has 1 aromatic carbocycles. The number of sulfonamides is 1. The van der Waals surface area contributed by atoms with Crippen LogP contribution in [0.25, 0.3) is 0 Å². The fourth-order valence-electron chi connectivity index (χ4n) is 2.71. The molecule has 0 aliphatic rings. The number of aryl methyl sites for hydroxylation is 3. The van der Waals surface area contributed by atoms with Crippen LogP contribution in [0.4, 0.5) is 11.5 Å². The highest BCUT2D eigenvalue weighted by molar-refractivity contribution is 7.92. The van der Waals surface area contributed by atoms with E-state index in [0.717, 1.165) is 16.7 Å². The summed E-state index contributed by atoms with van der Waals surface area (Å²) in [6.45, 7) is 11.7. The molecule has 5 nitrogen and oxygen atoms in total. The second kappa shape index (κ2) is 6.43. The molecule has 0 radical (unpaired) electrons. The van der Waals surface area contributed by atoms with Crippen molar-refractivity contribution in [3.63, 3.8) is 0 Å². The van der Waals surface area contributed by atoms with Crippen molar-refractivity contribution >= 4 is 21.5 Å². The van der Waals surface area contributed by atoms with Gasteiger partial charge >= 0.3 is 0 Å². The summed E-state index contributed by atoms with van der Waals surface area (Å²) in [5.74, 6) is 0.702. The minimum absolute atomic E-state index is 0.107. The summed E-state index contributed by atoms with van der Waals surface area (Å²) >= 11 is 0. The maximum Gasteiger partial charge on any atom is 0.262 e. The van der Waals surface area contributed by atoms with E-state index < -0.39 is 10.0 Å². The molecule has 1 aromatic heterocycles. The minimum atomic E-state index is -3.65. The number of benzene rings is 1. The van der Waals surface area contributed by atoms with E-state index in [9.17, 15) is 8.42 Å². The fourth-order valence-corrected chi connectivity index (χ4v) is 4.21. The maximum absolute atomic E-state index is 12.7. The lowest BCUT2D eigenvalue weighted by Crippen LogP contribution is -2.26. The topological polar surface area (TPSA) is 71.1 Å². The van der Waals surface area contributed by atoms with Gasteiger partial charge in [0, 0.05) is 5.54 Å². The lowest BCUT2D eigenvalue weighted by atomic mass is 10.1. The Labute approximate surface area is 144 Å². The van der Waals surface area contributed by atoms with Crippen molar-refractivity contribution in [1.29, 1.82) is 0 Å². The molecule has 0 fully saturated rings. The van der Waals surface area contributed by atoms with Crippen molar-refractivity contribution in [3.05, 3.63) is 47.2 Å². The first-order valence-corrected chi connectivity index (χ1v) is 9.31. The van der Waals surface area contributed by atoms with Crippen molar-refractivity contribution < 1.29 is 8.42 Å². The first-order chi connectivity index (χ1) is 11.0. The van der Waals surface area contributed by atoms with Gasteiger partial charge in [-0.2, -0.15) is 0 Å². The molecule has 0 saturated heterocycles. The summed E-state index contributed by atoms with van der Waals surface area (Å²) in [6, 6.07) is 7.21. The third-order valence-corrected chi connectivity index (χ3v) is 5.08. The van der Waals surface area contributed by atoms with Gasteiger partial charge in [0.1, 0.15) is 5.82 Å². The van der Waals surface area contributed by atoms with Gasteiger partial charge in [-0.15, -0.1) is 0 Å². The van der Waals surface area contributed by atoms with Gasteiger partial charge in [-0.1, -0.05) is 17.7 Å². The molecule has 6 heteroatoms. The van der Waals surface area contributed by atoms with E-state index in [1.807, 2.05) is 53.7 Å². The van der Waals surface area contributed by atoms with Gasteiger partial charge in [0.2, 0.25) is 0 Å². The van der Waals surface area contributed by atoms with Crippen LogP contribution in [0.15, 0.2) is 35.4 Å². The standard InChI is InChI=1S/C18H25N3O2S/c1-12-9-13(2)17(14(3)10-12)24(22,23)21-15-7-8-16(19-11-15)20-18(4,5)6/h7-11,21H,1-6H3,(H,19,20). The number of anilines is 2. The van der Waals surface area contributed by atoms with Crippen LogP contribution >= 0.6 is 0 Å². The van der Waals surface area contributed by atoms with Crippen LogP contribution < -0.4 is 10.0 Å². The van der Waals surface area contributed by atoms with Crippen LogP contribution in [-0.4, -0.2) is 18.9 Å². The molecule has 0 unspecified atom stereocenters. The largest absolute Gasteiger partial charge is 0.365 e. The number of rotatable bonds is 4. The van der Waals surface area contributed by atoms with Gasteiger partial charge in [-0.25, -0.2) is 13.4 Å². The quantitative estimate of drug-likeness (QED) is 0.876. The molecule has 0 saturated carbocycles. The minimum Gasteiger partial charge on any atom is -0.365 e. The first kappa shape index (κ1) is 18.3. The van der Waals surface area contributed by atoms with E-state index in [-0.39, 0.29) is 5.54 Å². The molecule has 2 aromatic rings. The zero-order valence-corrected chi connectivity index (χ0v) is 15.9. The molecule has 0 atom stereocenters. The van der Waals surface area contributed by atoms with Gasteiger partial charge in [-0.3, -0.25) is 4.72 Å². The van der Waals surface area contributed by atoms with Gasteiger partial charge in [0.25, 0.3) is 10.0 Å².